The average molecular weight is 657 g/mol. The second-order valence-electron chi connectivity index (χ2n) is 14.7. The predicted octanol–water partition coefficient (Wildman–Crippen LogP) is 12.5. The van der Waals surface area contributed by atoms with Gasteiger partial charge in [0.2, 0.25) is 0 Å². The van der Waals surface area contributed by atoms with Crippen LogP contribution in [0.2, 0.25) is 0 Å². The maximum Gasteiger partial charge on any atom is 0.0725 e. The Labute approximate surface area is 304 Å². The van der Waals surface area contributed by atoms with Gasteiger partial charge in [-0.05, 0) is 112 Å². The minimum Gasteiger partial charge on any atom is -0.0619 e. The minimum absolute atomic E-state index is 0.335. The van der Waals surface area contributed by atoms with Crippen molar-refractivity contribution in [3.05, 3.63) is 238 Å². The van der Waals surface area contributed by atoms with E-state index in [0.29, 0.717) is 0 Å². The second kappa shape index (κ2) is 10.1. The van der Waals surface area contributed by atoms with Crippen LogP contribution in [-0.2, 0) is 10.8 Å². The summed E-state index contributed by atoms with van der Waals surface area (Å²) in [6.45, 7) is 0. The molecular weight excluding hydrogens is 625 g/mol. The van der Waals surface area contributed by atoms with Gasteiger partial charge >= 0.3 is 0 Å². The Kier molecular flexibility index (Phi) is 5.46. The van der Waals surface area contributed by atoms with Crippen molar-refractivity contribution >= 4 is 12.2 Å². The average Bonchev–Trinajstić information content (AvgIpc) is 3.89. The summed E-state index contributed by atoms with van der Waals surface area (Å²) in [5, 5.41) is 0. The van der Waals surface area contributed by atoms with Crippen molar-refractivity contribution in [2.75, 3.05) is 0 Å². The van der Waals surface area contributed by atoms with E-state index in [1.807, 2.05) is 0 Å². The van der Waals surface area contributed by atoms with Crippen LogP contribution in [0.25, 0.3) is 56.7 Å². The molecule has 0 fully saturated rings. The first-order valence-corrected chi connectivity index (χ1v) is 18.4. The largest absolute Gasteiger partial charge is 0.0725 e. The van der Waals surface area contributed by atoms with E-state index in [2.05, 4.69) is 194 Å². The Bertz CT molecular complexity index is 2540. The molecular formula is C52H32. The number of fused-ring (bicyclic) bond motifs is 20. The zero-order valence-corrected chi connectivity index (χ0v) is 28.5. The maximum atomic E-state index is 2.46. The van der Waals surface area contributed by atoms with Crippen LogP contribution >= 0.6 is 0 Å². The third-order valence-corrected chi connectivity index (χ3v) is 12.5. The summed E-state index contributed by atoms with van der Waals surface area (Å²) in [5.74, 6) is 0. The molecule has 52 heavy (non-hydrogen) atoms. The molecule has 0 atom stereocenters. The zero-order chi connectivity index (χ0) is 34.0. The molecule has 0 saturated heterocycles. The van der Waals surface area contributed by atoms with E-state index in [1.165, 1.54) is 100 Å². The van der Waals surface area contributed by atoms with E-state index in [0.717, 1.165) is 0 Å². The van der Waals surface area contributed by atoms with Crippen LogP contribution in [-0.4, -0.2) is 0 Å². The fraction of sp³-hybridized carbons (Fsp3) is 0.0385. The lowest BCUT2D eigenvalue weighted by Crippen LogP contribution is -2.25. The highest BCUT2D eigenvalue weighted by Gasteiger charge is 2.52. The summed E-state index contributed by atoms with van der Waals surface area (Å²) in [5.41, 5.74) is 23.4. The van der Waals surface area contributed by atoms with E-state index in [-0.39, 0.29) is 10.8 Å². The van der Waals surface area contributed by atoms with Crippen LogP contribution in [0.4, 0.5) is 0 Å². The Balaban J connectivity index is 1.03. The van der Waals surface area contributed by atoms with Gasteiger partial charge in [-0.15, -0.1) is 0 Å². The molecule has 0 amide bonds. The molecule has 0 aliphatic heterocycles. The highest BCUT2D eigenvalue weighted by molar-refractivity contribution is 5.97. The number of hydrogen-bond acceptors (Lipinski definition) is 0. The van der Waals surface area contributed by atoms with Gasteiger partial charge in [-0.2, -0.15) is 0 Å². The molecule has 0 bridgehead atoms. The van der Waals surface area contributed by atoms with Crippen molar-refractivity contribution < 1.29 is 0 Å². The van der Waals surface area contributed by atoms with Crippen molar-refractivity contribution in [1.29, 1.82) is 0 Å². The SMILES string of the molecule is C(=C/c1ccc2c(c1)C1(c3ccccc3-c3ccccc31)c1ccccc1-2)/c1ccc2c(c1)C1(c3ccccc3-c3ccccc31)c1ccccc1-2. The first-order valence-electron chi connectivity index (χ1n) is 18.4. The van der Waals surface area contributed by atoms with E-state index >= 15 is 0 Å². The quantitative estimate of drug-likeness (QED) is 0.162. The lowest BCUT2D eigenvalue weighted by Gasteiger charge is -2.30. The normalized spacial score (nSPS) is 15.2. The third kappa shape index (κ3) is 3.29. The van der Waals surface area contributed by atoms with Crippen LogP contribution < -0.4 is 0 Å². The highest BCUT2D eigenvalue weighted by Crippen LogP contribution is 2.64. The lowest BCUT2D eigenvalue weighted by atomic mass is 9.70. The molecule has 8 aromatic rings. The molecule has 240 valence electrons. The molecule has 0 aromatic heterocycles. The summed E-state index contributed by atoms with van der Waals surface area (Å²) < 4.78 is 0. The molecule has 0 radical (unpaired) electrons. The summed E-state index contributed by atoms with van der Waals surface area (Å²) in [7, 11) is 0. The molecule has 2 spiro atoms. The monoisotopic (exact) mass is 656 g/mol. The molecule has 12 rings (SSSR count). The number of benzene rings is 8. The Morgan fingerprint density at radius 2 is 0.462 bits per heavy atom. The molecule has 4 aliphatic rings. The van der Waals surface area contributed by atoms with E-state index in [1.54, 1.807) is 0 Å². The highest BCUT2D eigenvalue weighted by atomic mass is 14.5. The fourth-order valence-electron chi connectivity index (χ4n) is 10.6. The second-order valence-corrected chi connectivity index (χ2v) is 14.7. The van der Waals surface area contributed by atoms with Gasteiger partial charge in [0.25, 0.3) is 0 Å². The van der Waals surface area contributed by atoms with E-state index in [4.69, 9.17) is 0 Å². The number of hydrogen-bond donors (Lipinski definition) is 0. The Morgan fingerprint density at radius 1 is 0.231 bits per heavy atom. The van der Waals surface area contributed by atoms with Crippen molar-refractivity contribution in [3.8, 4) is 44.5 Å². The van der Waals surface area contributed by atoms with Gasteiger partial charge in [0.15, 0.2) is 0 Å². The van der Waals surface area contributed by atoms with Gasteiger partial charge in [-0.25, -0.2) is 0 Å². The lowest BCUT2D eigenvalue weighted by molar-refractivity contribution is 0.793. The summed E-state index contributed by atoms with van der Waals surface area (Å²) >= 11 is 0. The zero-order valence-electron chi connectivity index (χ0n) is 28.5. The third-order valence-electron chi connectivity index (χ3n) is 12.5. The topological polar surface area (TPSA) is 0 Å². The Hall–Kier alpha value is -6.50. The molecule has 4 aliphatic carbocycles. The van der Waals surface area contributed by atoms with Crippen molar-refractivity contribution in [2.24, 2.45) is 0 Å². The van der Waals surface area contributed by atoms with Crippen LogP contribution in [0.3, 0.4) is 0 Å². The summed E-state index contributed by atoms with van der Waals surface area (Å²) in [6.07, 6.45) is 4.63. The minimum atomic E-state index is -0.335. The van der Waals surface area contributed by atoms with Crippen molar-refractivity contribution in [2.45, 2.75) is 10.8 Å². The Morgan fingerprint density at radius 3 is 0.731 bits per heavy atom. The van der Waals surface area contributed by atoms with Crippen LogP contribution in [0, 0.1) is 0 Å². The van der Waals surface area contributed by atoms with Gasteiger partial charge in [0.1, 0.15) is 0 Å². The smallest absolute Gasteiger partial charge is 0.0619 e. The standard InChI is InChI=1S/C52H32/c1-7-19-43-35(13-1)36-14-2-8-20-44(36)51(43)47-23-11-5-17-39(47)41-29-27-33(31-49(41)51)25-26-34-28-30-42-40-18-6-12-24-48(40)52(50(42)32-34)45-21-9-3-15-37(45)38-16-4-10-22-46(38)52/h1-32H/b26-25-. The molecule has 0 nitrogen and oxygen atoms in total. The maximum absolute atomic E-state index is 2.46. The summed E-state index contributed by atoms with van der Waals surface area (Å²) in [6, 6.07) is 68.4. The predicted molar refractivity (Wildman–Crippen MR) is 214 cm³/mol. The van der Waals surface area contributed by atoms with E-state index in [9.17, 15) is 0 Å². The van der Waals surface area contributed by atoms with Crippen LogP contribution in [0.1, 0.15) is 55.6 Å². The molecule has 0 heteroatoms. The molecule has 0 unspecified atom stereocenters. The fourth-order valence-corrected chi connectivity index (χ4v) is 10.6. The van der Waals surface area contributed by atoms with Crippen LogP contribution in [0.15, 0.2) is 182 Å². The van der Waals surface area contributed by atoms with Crippen molar-refractivity contribution in [1.82, 2.24) is 0 Å². The van der Waals surface area contributed by atoms with Crippen molar-refractivity contribution in [3.63, 3.8) is 0 Å². The number of rotatable bonds is 2. The molecule has 0 heterocycles. The van der Waals surface area contributed by atoms with Gasteiger partial charge in [0.05, 0.1) is 10.8 Å². The summed E-state index contributed by atoms with van der Waals surface area (Å²) in [4.78, 5) is 0. The van der Waals surface area contributed by atoms with Gasteiger partial charge in [-0.3, -0.25) is 0 Å². The van der Waals surface area contributed by atoms with Gasteiger partial charge < -0.3 is 0 Å². The first kappa shape index (κ1) is 28.2. The van der Waals surface area contributed by atoms with Gasteiger partial charge in [-0.1, -0.05) is 182 Å². The van der Waals surface area contributed by atoms with Gasteiger partial charge in [0, 0.05) is 0 Å². The molecule has 0 N–H and O–H groups in total. The molecule has 8 aromatic carbocycles. The van der Waals surface area contributed by atoms with E-state index < -0.39 is 0 Å². The van der Waals surface area contributed by atoms with Crippen LogP contribution in [0.5, 0.6) is 0 Å². The first-order chi connectivity index (χ1) is 25.8. The molecule has 0 saturated carbocycles.